The second kappa shape index (κ2) is 5.26. The van der Waals surface area contributed by atoms with Crippen molar-refractivity contribution in [3.05, 3.63) is 46.6 Å². The van der Waals surface area contributed by atoms with Crippen molar-refractivity contribution in [1.82, 2.24) is 4.31 Å². The molecule has 0 unspecified atom stereocenters. The van der Waals surface area contributed by atoms with Crippen LogP contribution in [0.25, 0.3) is 0 Å². The molecule has 0 saturated heterocycles. The first-order valence-corrected chi connectivity index (χ1v) is 7.35. The second-order valence-corrected chi connectivity index (χ2v) is 6.16. The third-order valence-electron chi connectivity index (χ3n) is 2.67. The lowest BCUT2D eigenvalue weighted by Gasteiger charge is -2.22. The van der Waals surface area contributed by atoms with Crippen molar-refractivity contribution in [2.75, 3.05) is 0 Å². The molecule has 0 radical (unpaired) electrons. The van der Waals surface area contributed by atoms with Crippen molar-refractivity contribution in [1.29, 1.82) is 0 Å². The van der Waals surface area contributed by atoms with Gasteiger partial charge in [-0.3, -0.25) is 4.31 Å². The van der Waals surface area contributed by atoms with Crippen LogP contribution in [-0.2, 0) is 21.5 Å². The van der Waals surface area contributed by atoms with Gasteiger partial charge < -0.3 is 5.11 Å². The Bertz CT molecular complexity index is 725. The number of aliphatic carboxylic acids is 1. The Morgan fingerprint density at radius 3 is 2.75 bits per heavy atom. The van der Waals surface area contributed by atoms with Gasteiger partial charge in [0, 0.05) is 11.2 Å². The van der Waals surface area contributed by atoms with Gasteiger partial charge in [-0.15, -0.1) is 4.40 Å². The molecular weight excluding hydrogens is 304 g/mol. The molecule has 1 aromatic rings. The monoisotopic (exact) mass is 314 g/mol. The fourth-order valence-corrected chi connectivity index (χ4v) is 3.04. The van der Waals surface area contributed by atoms with Gasteiger partial charge in [0.1, 0.15) is 0 Å². The molecule has 1 aromatic carbocycles. The van der Waals surface area contributed by atoms with E-state index in [-0.39, 0.29) is 17.8 Å². The Kier molecular flexibility index (Phi) is 3.82. The van der Waals surface area contributed by atoms with Gasteiger partial charge in [0.2, 0.25) is 0 Å². The van der Waals surface area contributed by atoms with Crippen LogP contribution in [0.3, 0.4) is 0 Å². The van der Waals surface area contributed by atoms with Gasteiger partial charge in [-0.25, -0.2) is 4.79 Å². The summed E-state index contributed by atoms with van der Waals surface area (Å²) in [7, 11) is -3.91. The molecule has 0 saturated carbocycles. The molecule has 2 rings (SSSR count). The smallest absolute Gasteiger partial charge is 0.344 e. The summed E-state index contributed by atoms with van der Waals surface area (Å²) >= 11 is 5.83. The van der Waals surface area contributed by atoms with E-state index in [1.54, 1.807) is 24.3 Å². The number of carboxylic acids is 1. The molecule has 6 nitrogen and oxygen atoms in total. The number of rotatable bonds is 3. The molecule has 0 aromatic heterocycles. The first kappa shape index (κ1) is 14.5. The number of halogens is 1. The lowest BCUT2D eigenvalue weighted by atomic mass is 10.2. The van der Waals surface area contributed by atoms with Crippen molar-refractivity contribution < 1.29 is 18.3 Å². The van der Waals surface area contributed by atoms with Gasteiger partial charge in [0.05, 0.1) is 17.8 Å². The molecule has 1 N–H and O–H groups in total. The van der Waals surface area contributed by atoms with Crippen LogP contribution in [0.15, 0.2) is 40.4 Å². The van der Waals surface area contributed by atoms with Crippen molar-refractivity contribution in [3.63, 3.8) is 0 Å². The highest BCUT2D eigenvalue weighted by Gasteiger charge is 2.27. The van der Waals surface area contributed by atoms with Gasteiger partial charge in [0.15, 0.2) is 0 Å². The van der Waals surface area contributed by atoms with E-state index in [1.165, 1.54) is 6.92 Å². The zero-order valence-electron chi connectivity index (χ0n) is 10.4. The van der Waals surface area contributed by atoms with Crippen LogP contribution in [0.4, 0.5) is 0 Å². The van der Waals surface area contributed by atoms with Crippen LogP contribution in [0, 0.1) is 0 Å². The molecule has 106 valence electrons. The Hall–Kier alpha value is -1.86. The van der Waals surface area contributed by atoms with E-state index >= 15 is 0 Å². The fraction of sp³-hybridized carbons (Fsp3) is 0.167. The Morgan fingerprint density at radius 2 is 2.15 bits per heavy atom. The molecule has 0 atom stereocenters. The molecule has 0 amide bonds. The molecule has 1 aliphatic rings. The number of nitrogens with zero attached hydrogens (tertiary/aromatic N) is 2. The maximum atomic E-state index is 11.9. The minimum Gasteiger partial charge on any atom is -0.478 e. The second-order valence-electron chi connectivity index (χ2n) is 4.18. The van der Waals surface area contributed by atoms with Gasteiger partial charge in [-0.1, -0.05) is 23.7 Å². The molecule has 0 aliphatic carbocycles. The van der Waals surface area contributed by atoms with E-state index in [4.69, 9.17) is 16.7 Å². The van der Waals surface area contributed by atoms with Crippen LogP contribution >= 0.6 is 11.6 Å². The summed E-state index contributed by atoms with van der Waals surface area (Å²) in [5.41, 5.74) is 0.443. The summed E-state index contributed by atoms with van der Waals surface area (Å²) in [5.74, 6) is -1.22. The average Bonchev–Trinajstić information content (AvgIpc) is 2.31. The predicted molar refractivity (Wildman–Crippen MR) is 74.7 cm³/mol. The summed E-state index contributed by atoms with van der Waals surface area (Å²) in [4.78, 5) is 11.0. The highest BCUT2D eigenvalue weighted by molar-refractivity contribution is 7.88. The van der Waals surface area contributed by atoms with Gasteiger partial charge in [0.25, 0.3) is 0 Å². The van der Waals surface area contributed by atoms with Crippen LogP contribution in [-0.4, -0.2) is 29.5 Å². The quantitative estimate of drug-likeness (QED) is 0.922. The van der Waals surface area contributed by atoms with E-state index in [0.717, 1.165) is 10.5 Å². The molecule has 8 heteroatoms. The summed E-state index contributed by atoms with van der Waals surface area (Å²) in [6.45, 7) is 1.31. The lowest BCUT2D eigenvalue weighted by molar-refractivity contribution is -0.132. The number of hydrogen-bond acceptors (Lipinski definition) is 3. The predicted octanol–water partition coefficient (Wildman–Crippen LogP) is 1.83. The largest absolute Gasteiger partial charge is 0.478 e. The van der Waals surface area contributed by atoms with Crippen molar-refractivity contribution in [3.8, 4) is 0 Å². The molecule has 1 heterocycles. The summed E-state index contributed by atoms with van der Waals surface area (Å²) in [6, 6.07) is 6.65. The Balaban J connectivity index is 2.37. The number of carboxylic acid groups (broad SMARTS) is 1. The molecule has 0 fully saturated rings. The normalized spacial score (nSPS) is 17.4. The standard InChI is InChI=1S/C12H11ClN2O4S/c1-8-11(12(16)17)7-15(20(18,19)14-8)6-9-3-2-4-10(13)5-9/h2-5,7H,6H2,1H3,(H,16,17). The van der Waals surface area contributed by atoms with E-state index in [0.29, 0.717) is 10.6 Å². The summed E-state index contributed by atoms with van der Waals surface area (Å²) in [6.07, 6.45) is 1.07. The summed E-state index contributed by atoms with van der Waals surface area (Å²) < 4.78 is 28.2. The van der Waals surface area contributed by atoms with Crippen LogP contribution in [0.5, 0.6) is 0 Å². The molecule has 0 spiro atoms. The summed E-state index contributed by atoms with van der Waals surface area (Å²) in [5, 5.41) is 9.49. The minimum atomic E-state index is -3.91. The number of benzene rings is 1. The van der Waals surface area contributed by atoms with Crippen molar-refractivity contribution in [2.24, 2.45) is 4.40 Å². The highest BCUT2D eigenvalue weighted by atomic mass is 35.5. The first-order chi connectivity index (χ1) is 9.29. The van der Waals surface area contributed by atoms with E-state index in [2.05, 4.69) is 4.40 Å². The number of hydrogen-bond donors (Lipinski definition) is 1. The van der Waals surface area contributed by atoms with E-state index in [9.17, 15) is 13.2 Å². The maximum absolute atomic E-state index is 11.9. The van der Waals surface area contributed by atoms with Gasteiger partial charge in [-0.05, 0) is 24.6 Å². The van der Waals surface area contributed by atoms with Gasteiger partial charge >= 0.3 is 16.2 Å². The minimum absolute atomic E-state index is 0.0313. The number of carbonyl (C=O) groups is 1. The lowest BCUT2D eigenvalue weighted by Crippen LogP contribution is -2.31. The average molecular weight is 315 g/mol. The van der Waals surface area contributed by atoms with E-state index in [1.807, 2.05) is 0 Å². The zero-order valence-corrected chi connectivity index (χ0v) is 12.0. The first-order valence-electron chi connectivity index (χ1n) is 5.58. The van der Waals surface area contributed by atoms with E-state index < -0.39 is 16.2 Å². The molecule has 20 heavy (non-hydrogen) atoms. The Labute approximate surface area is 121 Å². The van der Waals surface area contributed by atoms with Crippen molar-refractivity contribution >= 4 is 33.5 Å². The molecular formula is C12H11ClN2O4S. The topological polar surface area (TPSA) is 87.0 Å². The third-order valence-corrected chi connectivity index (χ3v) is 4.24. The molecule has 0 bridgehead atoms. The SMILES string of the molecule is CC1=NS(=O)(=O)N(Cc2cccc(Cl)c2)C=C1C(=O)O. The zero-order chi connectivity index (χ0) is 14.9. The van der Waals surface area contributed by atoms with Crippen LogP contribution < -0.4 is 0 Å². The Morgan fingerprint density at radius 1 is 1.45 bits per heavy atom. The van der Waals surface area contributed by atoms with Crippen LogP contribution in [0.1, 0.15) is 12.5 Å². The molecule has 1 aliphatic heterocycles. The maximum Gasteiger partial charge on any atom is 0.344 e. The fourth-order valence-electron chi connectivity index (χ4n) is 1.73. The highest BCUT2D eigenvalue weighted by Crippen LogP contribution is 2.20. The van der Waals surface area contributed by atoms with Crippen LogP contribution in [0.2, 0.25) is 5.02 Å². The third kappa shape index (κ3) is 3.00. The van der Waals surface area contributed by atoms with Gasteiger partial charge in [-0.2, -0.15) is 8.42 Å². The van der Waals surface area contributed by atoms with Crippen molar-refractivity contribution in [2.45, 2.75) is 13.5 Å².